The molecule has 0 heterocycles. The molecule has 1 rings (SSSR count). The fourth-order valence-corrected chi connectivity index (χ4v) is 5.51. The molecule has 1 heteroatoms. The van der Waals surface area contributed by atoms with Crippen LogP contribution < -0.4 is 0 Å². The van der Waals surface area contributed by atoms with Gasteiger partial charge in [-0.15, -0.1) is 0 Å². The Kier molecular flexibility index (Phi) is 1.46. The van der Waals surface area contributed by atoms with Crippen LogP contribution in [0.25, 0.3) is 0 Å². The number of rotatable bonds is 1. The first-order valence-electron chi connectivity index (χ1n) is 3.94. The van der Waals surface area contributed by atoms with Crippen LogP contribution in [-0.2, 0) is 13.6 Å². The first-order chi connectivity index (χ1) is 4.59. The van der Waals surface area contributed by atoms with Crippen molar-refractivity contribution in [2.75, 3.05) is 0 Å². The van der Waals surface area contributed by atoms with Crippen molar-refractivity contribution in [2.45, 2.75) is 30.9 Å². The van der Waals surface area contributed by atoms with E-state index in [1.807, 2.05) is 0 Å². The molecule has 0 saturated carbocycles. The molecular weight excluding hydrogens is 216 g/mol. The molecule has 0 saturated heterocycles. The SMILES string of the molecule is [CH3][Mo]([CH3])([CH3])([CH3])([CH3])[CH]1C=CC=C1. The molecule has 0 nitrogen and oxygen atoms in total. The zero-order valence-electron chi connectivity index (χ0n) is 8.29. The molecule has 0 aromatic carbocycles. The summed E-state index contributed by atoms with van der Waals surface area (Å²) in [6.45, 7) is 0. The molecule has 0 aliphatic heterocycles. The van der Waals surface area contributed by atoms with E-state index >= 15 is 0 Å². The summed E-state index contributed by atoms with van der Waals surface area (Å²) in [6, 6.07) is 0. The van der Waals surface area contributed by atoms with Gasteiger partial charge in [0.1, 0.15) is 0 Å². The second-order valence-electron chi connectivity index (χ2n) is 6.50. The quantitative estimate of drug-likeness (QED) is 0.593. The third-order valence-electron chi connectivity index (χ3n) is 2.07. The van der Waals surface area contributed by atoms with Gasteiger partial charge in [0.25, 0.3) is 0 Å². The second-order valence-corrected chi connectivity index (χ2v) is 33.7. The fourth-order valence-electron chi connectivity index (χ4n) is 1.20. The van der Waals surface area contributed by atoms with Gasteiger partial charge in [-0.2, -0.15) is 0 Å². The van der Waals surface area contributed by atoms with Gasteiger partial charge in [0.05, 0.1) is 0 Å². The van der Waals surface area contributed by atoms with Crippen LogP contribution in [0.1, 0.15) is 0 Å². The Balaban J connectivity index is 3.09. The third kappa shape index (κ3) is 2.30. The Hall–Kier alpha value is 0.168. The summed E-state index contributed by atoms with van der Waals surface area (Å²) >= 11 is -2.60. The number of hydrogen-bond acceptors (Lipinski definition) is 0. The van der Waals surface area contributed by atoms with Crippen LogP contribution in [0.15, 0.2) is 24.3 Å². The monoisotopic (exact) mass is 238 g/mol. The zero-order chi connectivity index (χ0) is 8.81. The Morgan fingerprint density at radius 1 is 0.818 bits per heavy atom. The molecule has 1 aliphatic rings. The summed E-state index contributed by atoms with van der Waals surface area (Å²) in [7, 11) is 0. The normalized spacial score (nSPS) is 25.2. The van der Waals surface area contributed by atoms with Crippen molar-refractivity contribution in [2.24, 2.45) is 0 Å². The van der Waals surface area contributed by atoms with Crippen molar-refractivity contribution in [3.8, 4) is 0 Å². The van der Waals surface area contributed by atoms with E-state index in [2.05, 4.69) is 50.9 Å². The van der Waals surface area contributed by atoms with Gasteiger partial charge in [-0.05, 0) is 0 Å². The Bertz CT molecular complexity index is 209. The summed E-state index contributed by atoms with van der Waals surface area (Å²) in [5.74, 6) is 0. The maximum atomic E-state index is 2.49. The van der Waals surface area contributed by atoms with Gasteiger partial charge in [0, 0.05) is 0 Å². The van der Waals surface area contributed by atoms with Crippen molar-refractivity contribution >= 4 is 0 Å². The van der Waals surface area contributed by atoms with E-state index < -0.39 is 13.6 Å². The van der Waals surface area contributed by atoms with E-state index in [0.29, 0.717) is 0 Å². The molecule has 0 fully saturated rings. The van der Waals surface area contributed by atoms with E-state index in [1.54, 1.807) is 0 Å². The molecule has 0 radical (unpaired) electrons. The Morgan fingerprint density at radius 2 is 1.18 bits per heavy atom. The first-order valence-corrected chi connectivity index (χ1v) is 15.1. The van der Waals surface area contributed by atoms with Crippen molar-refractivity contribution in [1.29, 1.82) is 0 Å². The van der Waals surface area contributed by atoms with E-state index in [-0.39, 0.29) is 0 Å². The second kappa shape index (κ2) is 1.74. The third-order valence-corrected chi connectivity index (χ3v) is 9.54. The van der Waals surface area contributed by atoms with E-state index in [9.17, 15) is 0 Å². The molecule has 0 atom stereocenters. The van der Waals surface area contributed by atoms with Gasteiger partial charge in [0.2, 0.25) is 0 Å². The van der Waals surface area contributed by atoms with Crippen LogP contribution in [0.3, 0.4) is 0 Å². The van der Waals surface area contributed by atoms with Gasteiger partial charge in [-0.25, -0.2) is 0 Å². The molecule has 1 aliphatic carbocycles. The van der Waals surface area contributed by atoms with Crippen molar-refractivity contribution < 1.29 is 13.6 Å². The summed E-state index contributed by atoms with van der Waals surface area (Å²) in [5.41, 5.74) is 0. The zero-order valence-corrected chi connectivity index (χ0v) is 10.3. The minimum atomic E-state index is -2.60. The molecule has 0 aromatic heterocycles. The molecule has 0 N–H and O–H groups in total. The summed E-state index contributed by atoms with van der Waals surface area (Å²) < 4.78 is 0.733. The molecule has 0 amide bonds. The van der Waals surface area contributed by atoms with Crippen molar-refractivity contribution in [3.63, 3.8) is 0 Å². The van der Waals surface area contributed by atoms with Crippen LogP contribution in [0.2, 0.25) is 30.9 Å². The minimum absolute atomic E-state index is 0.733. The average Bonchev–Trinajstić information content (AvgIpc) is 2.01. The summed E-state index contributed by atoms with van der Waals surface area (Å²) in [4.78, 5) is 0. The van der Waals surface area contributed by atoms with Crippen LogP contribution in [-0.4, -0.2) is 0 Å². The van der Waals surface area contributed by atoms with E-state index in [1.165, 1.54) is 0 Å². The van der Waals surface area contributed by atoms with Crippen LogP contribution in [0, 0.1) is 0 Å². The van der Waals surface area contributed by atoms with Gasteiger partial charge < -0.3 is 0 Å². The molecule has 0 unspecified atom stereocenters. The molecule has 0 aromatic rings. The summed E-state index contributed by atoms with van der Waals surface area (Å²) in [6.07, 6.45) is 9.06. The first kappa shape index (κ1) is 9.26. The van der Waals surface area contributed by atoms with Gasteiger partial charge in [-0.1, -0.05) is 0 Å². The predicted octanol–water partition coefficient (Wildman–Crippen LogP) is 4.37. The Labute approximate surface area is 68.9 Å². The topological polar surface area (TPSA) is 0 Å². The molecule has 11 heavy (non-hydrogen) atoms. The summed E-state index contributed by atoms with van der Waals surface area (Å²) in [5, 5.41) is 12.5. The van der Waals surface area contributed by atoms with Gasteiger partial charge in [-0.3, -0.25) is 0 Å². The number of allylic oxidation sites excluding steroid dienone is 4. The average molecular weight is 236 g/mol. The van der Waals surface area contributed by atoms with E-state index in [0.717, 1.165) is 4.31 Å². The standard InChI is InChI=1S/C5H5.5CH3.Mo/c1-2-4-5-3-1;;;;;;/h1-5H;5*1H3;. The van der Waals surface area contributed by atoms with Crippen molar-refractivity contribution in [3.05, 3.63) is 24.3 Å². The van der Waals surface area contributed by atoms with Crippen molar-refractivity contribution in [1.82, 2.24) is 0 Å². The molecule has 66 valence electrons. The molecule has 0 spiro atoms. The fraction of sp³-hybridized carbons (Fsp3) is 0.600. The maximum absolute atomic E-state index is 2.60. The molecule has 0 bridgehead atoms. The molecular formula is C10H20Mo. The Morgan fingerprint density at radius 3 is 1.36 bits per heavy atom. The van der Waals surface area contributed by atoms with Crippen LogP contribution in [0.4, 0.5) is 0 Å². The van der Waals surface area contributed by atoms with Gasteiger partial charge >= 0.3 is 68.7 Å². The van der Waals surface area contributed by atoms with Gasteiger partial charge in [0.15, 0.2) is 0 Å². The van der Waals surface area contributed by atoms with Crippen LogP contribution in [0.5, 0.6) is 0 Å². The van der Waals surface area contributed by atoms with Crippen LogP contribution >= 0.6 is 0 Å². The number of hydrogen-bond donors (Lipinski definition) is 0. The van der Waals surface area contributed by atoms with E-state index in [4.69, 9.17) is 0 Å². The predicted molar refractivity (Wildman–Crippen MR) is 51.4 cm³/mol.